The van der Waals surface area contributed by atoms with Crippen molar-refractivity contribution in [1.29, 1.82) is 0 Å². The van der Waals surface area contributed by atoms with Crippen LogP contribution in [0.4, 0.5) is 5.69 Å². The van der Waals surface area contributed by atoms with E-state index in [1.165, 1.54) is 28.1 Å². The number of rotatable bonds is 8. The van der Waals surface area contributed by atoms with E-state index < -0.39 is 10.0 Å². The van der Waals surface area contributed by atoms with Gasteiger partial charge in [0.2, 0.25) is 15.9 Å². The number of hydrogen-bond acceptors (Lipinski definition) is 3. The fourth-order valence-electron chi connectivity index (χ4n) is 4.11. The monoisotopic (exact) mass is 428 g/mol. The molecule has 0 unspecified atom stereocenters. The third-order valence-corrected chi connectivity index (χ3v) is 7.19. The van der Waals surface area contributed by atoms with E-state index in [0.717, 1.165) is 29.5 Å². The van der Waals surface area contributed by atoms with E-state index in [1.54, 1.807) is 0 Å². The second-order valence-corrected chi connectivity index (χ2v) is 10.2. The van der Waals surface area contributed by atoms with Crippen LogP contribution in [0.2, 0.25) is 0 Å². The molecular weight excluding hydrogens is 396 g/mol. The highest BCUT2D eigenvalue weighted by atomic mass is 32.2. The van der Waals surface area contributed by atoms with E-state index in [-0.39, 0.29) is 24.9 Å². The number of carbonyl (C=O) groups excluding carboxylic acids is 1. The van der Waals surface area contributed by atoms with E-state index in [2.05, 4.69) is 23.5 Å². The predicted octanol–water partition coefficient (Wildman–Crippen LogP) is 4.22. The summed E-state index contributed by atoms with van der Waals surface area (Å²) in [5.41, 5.74) is 6.61. The Labute approximate surface area is 180 Å². The molecule has 0 bridgehead atoms. The average Bonchev–Trinajstić information content (AvgIpc) is 3.14. The molecule has 0 heterocycles. The molecule has 1 amide bonds. The molecule has 30 heavy (non-hydrogen) atoms. The van der Waals surface area contributed by atoms with Gasteiger partial charge in [0.15, 0.2) is 0 Å². The van der Waals surface area contributed by atoms with Crippen molar-refractivity contribution in [2.75, 3.05) is 17.1 Å². The molecule has 1 aliphatic carbocycles. The van der Waals surface area contributed by atoms with Crippen LogP contribution in [0.1, 0.15) is 60.0 Å². The zero-order chi connectivity index (χ0) is 21.9. The molecule has 0 saturated carbocycles. The van der Waals surface area contributed by atoms with Crippen LogP contribution in [0.3, 0.4) is 0 Å². The number of carbonyl (C=O) groups is 1. The van der Waals surface area contributed by atoms with Crippen LogP contribution in [0.5, 0.6) is 0 Å². The summed E-state index contributed by atoms with van der Waals surface area (Å²) in [6.07, 6.45) is 5.42. The standard InChI is InChI=1S/C24H32N2O3S/c1-17-8-5-11-23(18(17)2)26(30(4,28)29)15-7-12-24(27)25-19(3)21-14-13-20-9-6-10-22(20)16-21/h5,8,11,13-14,16,19H,6-7,9-10,12,15H2,1-4H3,(H,25,27)/t19-/m1/s1. The fourth-order valence-corrected chi connectivity index (χ4v) is 5.13. The van der Waals surface area contributed by atoms with Gasteiger partial charge in [-0.05, 0) is 80.3 Å². The Morgan fingerprint density at radius 3 is 2.60 bits per heavy atom. The van der Waals surface area contributed by atoms with Crippen LogP contribution in [0, 0.1) is 13.8 Å². The number of nitrogens with one attached hydrogen (secondary N) is 1. The Kier molecular flexibility index (Phi) is 6.86. The van der Waals surface area contributed by atoms with Crippen molar-refractivity contribution < 1.29 is 13.2 Å². The summed E-state index contributed by atoms with van der Waals surface area (Å²) >= 11 is 0. The zero-order valence-corrected chi connectivity index (χ0v) is 19.2. The summed E-state index contributed by atoms with van der Waals surface area (Å²) in [5.74, 6) is -0.0580. The molecule has 5 nitrogen and oxygen atoms in total. The molecular formula is C24H32N2O3S. The van der Waals surface area contributed by atoms with Gasteiger partial charge in [-0.3, -0.25) is 9.10 Å². The van der Waals surface area contributed by atoms with E-state index in [9.17, 15) is 13.2 Å². The summed E-state index contributed by atoms with van der Waals surface area (Å²) in [7, 11) is -3.43. The molecule has 1 N–H and O–H groups in total. The van der Waals surface area contributed by atoms with Gasteiger partial charge < -0.3 is 5.32 Å². The maximum atomic E-state index is 12.5. The predicted molar refractivity (Wildman–Crippen MR) is 122 cm³/mol. The van der Waals surface area contributed by atoms with Gasteiger partial charge in [-0.15, -0.1) is 0 Å². The van der Waals surface area contributed by atoms with Gasteiger partial charge in [0.05, 0.1) is 18.0 Å². The molecule has 6 heteroatoms. The molecule has 1 aliphatic rings. The first-order valence-electron chi connectivity index (χ1n) is 10.6. The van der Waals surface area contributed by atoms with Gasteiger partial charge in [0, 0.05) is 13.0 Å². The second kappa shape index (κ2) is 9.21. The number of sulfonamides is 1. The van der Waals surface area contributed by atoms with Gasteiger partial charge in [-0.2, -0.15) is 0 Å². The normalized spacial score (nSPS) is 14.3. The molecule has 1 atom stereocenters. The summed E-state index contributed by atoms with van der Waals surface area (Å²) in [4.78, 5) is 12.5. The lowest BCUT2D eigenvalue weighted by Gasteiger charge is -2.25. The third-order valence-electron chi connectivity index (χ3n) is 6.01. The maximum absolute atomic E-state index is 12.5. The van der Waals surface area contributed by atoms with Crippen molar-refractivity contribution in [2.24, 2.45) is 0 Å². The molecule has 0 aliphatic heterocycles. The summed E-state index contributed by atoms with van der Waals surface area (Å²) in [6.45, 7) is 6.16. The molecule has 2 aromatic rings. The number of hydrogen-bond donors (Lipinski definition) is 1. The largest absolute Gasteiger partial charge is 0.350 e. The molecule has 0 spiro atoms. The van der Waals surface area contributed by atoms with Crippen LogP contribution >= 0.6 is 0 Å². The van der Waals surface area contributed by atoms with Crippen molar-refractivity contribution in [3.05, 3.63) is 64.2 Å². The number of amides is 1. The van der Waals surface area contributed by atoms with E-state index in [4.69, 9.17) is 0 Å². The molecule has 2 aromatic carbocycles. The highest BCUT2D eigenvalue weighted by molar-refractivity contribution is 7.92. The van der Waals surface area contributed by atoms with Gasteiger partial charge in [0.25, 0.3) is 0 Å². The number of benzene rings is 2. The highest BCUT2D eigenvalue weighted by Crippen LogP contribution is 2.26. The third kappa shape index (κ3) is 5.22. The fraction of sp³-hybridized carbons (Fsp3) is 0.458. The lowest BCUT2D eigenvalue weighted by Crippen LogP contribution is -2.33. The maximum Gasteiger partial charge on any atom is 0.232 e. The lowest BCUT2D eigenvalue weighted by atomic mass is 10.0. The van der Waals surface area contributed by atoms with Crippen molar-refractivity contribution >= 4 is 21.6 Å². The first-order chi connectivity index (χ1) is 14.2. The number of fused-ring (bicyclic) bond motifs is 1. The molecule has 0 saturated heterocycles. The van der Waals surface area contributed by atoms with Crippen LogP contribution < -0.4 is 9.62 Å². The Balaban J connectivity index is 1.58. The van der Waals surface area contributed by atoms with Gasteiger partial charge in [-0.1, -0.05) is 30.3 Å². The minimum Gasteiger partial charge on any atom is -0.350 e. The average molecular weight is 429 g/mol. The number of aryl methyl sites for hydroxylation is 3. The topological polar surface area (TPSA) is 66.5 Å². The minimum atomic E-state index is -3.43. The molecule has 0 aromatic heterocycles. The zero-order valence-electron chi connectivity index (χ0n) is 18.4. The Morgan fingerprint density at radius 1 is 1.13 bits per heavy atom. The van der Waals surface area contributed by atoms with Crippen molar-refractivity contribution in [3.63, 3.8) is 0 Å². The number of anilines is 1. The highest BCUT2D eigenvalue weighted by Gasteiger charge is 2.20. The van der Waals surface area contributed by atoms with E-state index in [0.29, 0.717) is 12.1 Å². The Morgan fingerprint density at radius 2 is 1.87 bits per heavy atom. The first-order valence-corrected chi connectivity index (χ1v) is 12.5. The second-order valence-electron chi connectivity index (χ2n) is 8.33. The van der Waals surface area contributed by atoms with Crippen molar-refractivity contribution in [2.45, 2.75) is 58.9 Å². The molecule has 162 valence electrons. The molecule has 3 rings (SSSR count). The van der Waals surface area contributed by atoms with E-state index in [1.807, 2.05) is 39.0 Å². The SMILES string of the molecule is Cc1cccc(N(CCCC(=O)N[C@H](C)c2ccc3c(c2)CCC3)S(C)(=O)=O)c1C. The van der Waals surface area contributed by atoms with Crippen molar-refractivity contribution in [3.8, 4) is 0 Å². The Bertz CT molecular complexity index is 1030. The summed E-state index contributed by atoms with van der Waals surface area (Å²) < 4.78 is 26.1. The smallest absolute Gasteiger partial charge is 0.232 e. The van der Waals surface area contributed by atoms with Gasteiger partial charge in [0.1, 0.15) is 0 Å². The first kappa shape index (κ1) is 22.3. The Hall–Kier alpha value is -2.34. The summed E-state index contributed by atoms with van der Waals surface area (Å²) in [6, 6.07) is 12.1. The number of nitrogens with zero attached hydrogens (tertiary/aromatic N) is 1. The van der Waals surface area contributed by atoms with Crippen LogP contribution in [-0.2, 0) is 27.7 Å². The van der Waals surface area contributed by atoms with Crippen LogP contribution in [0.15, 0.2) is 36.4 Å². The van der Waals surface area contributed by atoms with Gasteiger partial charge in [-0.25, -0.2) is 8.42 Å². The van der Waals surface area contributed by atoms with Crippen LogP contribution in [0.25, 0.3) is 0 Å². The molecule has 0 fully saturated rings. The van der Waals surface area contributed by atoms with Crippen molar-refractivity contribution in [1.82, 2.24) is 5.32 Å². The summed E-state index contributed by atoms with van der Waals surface area (Å²) in [5, 5.41) is 3.05. The quantitative estimate of drug-likeness (QED) is 0.685. The minimum absolute atomic E-state index is 0.0580. The molecule has 0 radical (unpaired) electrons. The van der Waals surface area contributed by atoms with E-state index >= 15 is 0 Å². The van der Waals surface area contributed by atoms with Crippen LogP contribution in [-0.4, -0.2) is 27.1 Å². The lowest BCUT2D eigenvalue weighted by molar-refractivity contribution is -0.121. The van der Waals surface area contributed by atoms with Gasteiger partial charge >= 0.3 is 0 Å².